The molecule has 0 bridgehead atoms. The van der Waals surface area contributed by atoms with Gasteiger partial charge in [0.15, 0.2) is 12.4 Å². The summed E-state index contributed by atoms with van der Waals surface area (Å²) >= 11 is 0. The molecule has 1 rings (SSSR count). The molecule has 0 aromatic carbocycles. The van der Waals surface area contributed by atoms with Gasteiger partial charge in [-0.15, -0.1) is 0 Å². The van der Waals surface area contributed by atoms with Crippen LogP contribution in [0.4, 0.5) is 0 Å². The van der Waals surface area contributed by atoms with Crippen LogP contribution in [-0.4, -0.2) is 18.4 Å². The van der Waals surface area contributed by atoms with E-state index < -0.39 is 11.4 Å². The van der Waals surface area contributed by atoms with Crippen LogP contribution < -0.4 is 0 Å². The van der Waals surface area contributed by atoms with Crippen molar-refractivity contribution in [3.63, 3.8) is 0 Å². The van der Waals surface area contributed by atoms with Gasteiger partial charge in [-0.1, -0.05) is 32.9 Å². The van der Waals surface area contributed by atoms with Gasteiger partial charge >= 0.3 is 5.97 Å². The molecule has 1 aliphatic rings. The Morgan fingerprint density at radius 2 is 1.93 bits per heavy atom. The minimum absolute atomic E-state index is 0.00676. The molecule has 0 spiro atoms. The van der Waals surface area contributed by atoms with Crippen molar-refractivity contribution >= 4 is 11.8 Å². The van der Waals surface area contributed by atoms with Gasteiger partial charge in [-0.05, 0) is 11.8 Å². The van der Waals surface area contributed by atoms with Crippen LogP contribution in [-0.2, 0) is 14.3 Å². The minimum atomic E-state index is -0.442. The Labute approximate surface area is 90.5 Å². The third-order valence-electron chi connectivity index (χ3n) is 3.50. The van der Waals surface area contributed by atoms with E-state index in [1.165, 1.54) is 6.92 Å². The second kappa shape index (κ2) is 3.80. The molecule has 0 aromatic rings. The molecule has 0 saturated heterocycles. The first kappa shape index (κ1) is 12.0. The monoisotopic (exact) mass is 210 g/mol. The second-order valence-corrected chi connectivity index (χ2v) is 4.86. The number of Topliss-reactive ketones (excluding diaryl/α,β-unsaturated/α-hetero) is 1. The SMILES string of the molecule is CC(=O)OCC(=O)[C@@]1(C)CC=CC1(C)C. The lowest BCUT2D eigenvalue weighted by molar-refractivity contribution is -0.150. The predicted octanol–water partition coefficient (Wildman–Crippen LogP) is 2.11. The molecular weight excluding hydrogens is 192 g/mol. The molecule has 0 aromatic heterocycles. The average Bonchev–Trinajstić information content (AvgIpc) is 2.38. The summed E-state index contributed by atoms with van der Waals surface area (Å²) in [6.45, 7) is 7.19. The summed E-state index contributed by atoms with van der Waals surface area (Å²) in [6.07, 6.45) is 4.80. The van der Waals surface area contributed by atoms with E-state index in [1.54, 1.807) is 0 Å². The highest BCUT2D eigenvalue weighted by atomic mass is 16.5. The molecule has 1 atom stereocenters. The minimum Gasteiger partial charge on any atom is -0.458 e. The van der Waals surface area contributed by atoms with Crippen LogP contribution in [0, 0.1) is 10.8 Å². The fourth-order valence-electron chi connectivity index (χ4n) is 1.84. The van der Waals surface area contributed by atoms with Crippen molar-refractivity contribution in [2.24, 2.45) is 10.8 Å². The van der Waals surface area contributed by atoms with Crippen LogP contribution in [0.1, 0.15) is 34.1 Å². The molecule has 0 heterocycles. The number of carbonyl (C=O) groups excluding carboxylic acids is 2. The van der Waals surface area contributed by atoms with Gasteiger partial charge in [-0.2, -0.15) is 0 Å². The lowest BCUT2D eigenvalue weighted by atomic mass is 9.66. The highest BCUT2D eigenvalue weighted by Gasteiger charge is 2.47. The molecular formula is C12H18O3. The maximum atomic E-state index is 12.0. The number of ketones is 1. The Kier molecular flexibility index (Phi) is 3.03. The number of allylic oxidation sites excluding steroid dienone is 2. The van der Waals surface area contributed by atoms with Crippen LogP contribution in [0.25, 0.3) is 0 Å². The van der Waals surface area contributed by atoms with E-state index in [-0.39, 0.29) is 17.8 Å². The fourth-order valence-corrected chi connectivity index (χ4v) is 1.84. The Morgan fingerprint density at radius 1 is 1.33 bits per heavy atom. The summed E-state index contributed by atoms with van der Waals surface area (Å²) in [7, 11) is 0. The molecule has 84 valence electrons. The zero-order valence-corrected chi connectivity index (χ0v) is 9.79. The summed E-state index contributed by atoms with van der Waals surface area (Å²) in [5.41, 5.74) is -0.604. The van der Waals surface area contributed by atoms with E-state index in [0.717, 1.165) is 6.42 Å². The molecule has 1 aliphatic carbocycles. The Balaban J connectivity index is 2.71. The van der Waals surface area contributed by atoms with Gasteiger partial charge in [0.2, 0.25) is 0 Å². The largest absolute Gasteiger partial charge is 0.458 e. The van der Waals surface area contributed by atoms with Crippen molar-refractivity contribution < 1.29 is 14.3 Å². The molecule has 0 aliphatic heterocycles. The Hall–Kier alpha value is -1.12. The van der Waals surface area contributed by atoms with Gasteiger partial charge in [0, 0.05) is 12.3 Å². The van der Waals surface area contributed by atoms with Crippen molar-refractivity contribution in [1.82, 2.24) is 0 Å². The second-order valence-electron chi connectivity index (χ2n) is 4.86. The Morgan fingerprint density at radius 3 is 2.33 bits per heavy atom. The number of hydrogen-bond acceptors (Lipinski definition) is 3. The molecule has 0 N–H and O–H groups in total. The van der Waals surface area contributed by atoms with Gasteiger partial charge in [0.1, 0.15) is 0 Å². The zero-order valence-electron chi connectivity index (χ0n) is 9.79. The van der Waals surface area contributed by atoms with E-state index in [4.69, 9.17) is 4.74 Å². The summed E-state index contributed by atoms with van der Waals surface area (Å²) in [5.74, 6) is -0.414. The molecule has 0 amide bonds. The van der Waals surface area contributed by atoms with E-state index in [1.807, 2.05) is 26.8 Å². The van der Waals surface area contributed by atoms with E-state index in [2.05, 4.69) is 6.08 Å². The van der Waals surface area contributed by atoms with Gasteiger partial charge in [-0.3, -0.25) is 9.59 Å². The third-order valence-corrected chi connectivity index (χ3v) is 3.50. The Bertz CT molecular complexity index is 315. The highest BCUT2D eigenvalue weighted by Crippen LogP contribution is 2.48. The molecule has 3 heteroatoms. The van der Waals surface area contributed by atoms with Crippen LogP contribution in [0.15, 0.2) is 12.2 Å². The predicted molar refractivity (Wildman–Crippen MR) is 57.3 cm³/mol. The summed E-state index contributed by atoms with van der Waals surface area (Å²) in [4.78, 5) is 22.6. The normalized spacial score (nSPS) is 27.7. The quantitative estimate of drug-likeness (QED) is 0.529. The van der Waals surface area contributed by atoms with Gasteiger partial charge in [0.05, 0.1) is 0 Å². The summed E-state index contributed by atoms with van der Waals surface area (Å²) in [5, 5.41) is 0. The zero-order chi connectivity index (χ0) is 11.7. The topological polar surface area (TPSA) is 43.4 Å². The van der Waals surface area contributed by atoms with Gasteiger partial charge in [0.25, 0.3) is 0 Å². The summed E-state index contributed by atoms with van der Waals surface area (Å²) < 4.78 is 4.76. The van der Waals surface area contributed by atoms with E-state index >= 15 is 0 Å². The number of ether oxygens (including phenoxy) is 1. The first-order chi connectivity index (χ1) is 6.79. The molecule has 0 fully saturated rings. The maximum absolute atomic E-state index is 12.0. The number of hydrogen-bond donors (Lipinski definition) is 0. The van der Waals surface area contributed by atoms with E-state index in [0.29, 0.717) is 0 Å². The number of carbonyl (C=O) groups is 2. The van der Waals surface area contributed by atoms with E-state index in [9.17, 15) is 9.59 Å². The van der Waals surface area contributed by atoms with Crippen molar-refractivity contribution in [1.29, 1.82) is 0 Å². The molecule has 15 heavy (non-hydrogen) atoms. The number of esters is 1. The van der Waals surface area contributed by atoms with Crippen LogP contribution in [0.5, 0.6) is 0 Å². The highest BCUT2D eigenvalue weighted by molar-refractivity contribution is 5.88. The standard InChI is InChI=1S/C12H18O3/c1-9(13)15-8-10(14)12(4)7-5-6-11(12,2)3/h5-6H,7-8H2,1-4H3/t12-/m1/s1. The molecule has 0 radical (unpaired) electrons. The fraction of sp³-hybridized carbons (Fsp3) is 0.667. The lowest BCUT2D eigenvalue weighted by Crippen LogP contribution is -2.40. The van der Waals surface area contributed by atoms with Gasteiger partial charge in [-0.25, -0.2) is 0 Å². The molecule has 3 nitrogen and oxygen atoms in total. The van der Waals surface area contributed by atoms with Crippen LogP contribution >= 0.6 is 0 Å². The smallest absolute Gasteiger partial charge is 0.303 e. The number of rotatable bonds is 3. The van der Waals surface area contributed by atoms with Crippen molar-refractivity contribution in [2.45, 2.75) is 34.1 Å². The van der Waals surface area contributed by atoms with Crippen molar-refractivity contribution in [2.75, 3.05) is 6.61 Å². The molecule has 0 unspecified atom stereocenters. The lowest BCUT2D eigenvalue weighted by Gasteiger charge is -2.36. The summed E-state index contributed by atoms with van der Waals surface area (Å²) in [6, 6.07) is 0. The maximum Gasteiger partial charge on any atom is 0.303 e. The third kappa shape index (κ3) is 2.11. The average molecular weight is 210 g/mol. The van der Waals surface area contributed by atoms with Crippen molar-refractivity contribution in [3.8, 4) is 0 Å². The first-order valence-corrected chi connectivity index (χ1v) is 5.14. The van der Waals surface area contributed by atoms with Crippen LogP contribution in [0.2, 0.25) is 0 Å². The first-order valence-electron chi connectivity index (χ1n) is 5.14. The van der Waals surface area contributed by atoms with Crippen LogP contribution in [0.3, 0.4) is 0 Å². The van der Waals surface area contributed by atoms with Gasteiger partial charge < -0.3 is 4.74 Å². The van der Waals surface area contributed by atoms with Crippen molar-refractivity contribution in [3.05, 3.63) is 12.2 Å². The molecule has 0 saturated carbocycles.